The van der Waals surface area contributed by atoms with E-state index in [9.17, 15) is 4.79 Å². The molecule has 3 rings (SSSR count). The summed E-state index contributed by atoms with van der Waals surface area (Å²) in [6.07, 6.45) is 1.67. The molecule has 0 spiro atoms. The molecule has 1 heterocycles. The van der Waals surface area contributed by atoms with Crippen molar-refractivity contribution in [1.82, 2.24) is 0 Å². The van der Waals surface area contributed by atoms with Crippen LogP contribution in [0.1, 0.15) is 17.0 Å². The van der Waals surface area contributed by atoms with Crippen molar-refractivity contribution in [3.63, 3.8) is 0 Å². The first-order valence-corrected chi connectivity index (χ1v) is 7.50. The summed E-state index contributed by atoms with van der Waals surface area (Å²) in [5.41, 5.74) is 3.26. The van der Waals surface area contributed by atoms with Crippen molar-refractivity contribution >= 4 is 27.5 Å². The average Bonchev–Trinajstić information content (AvgIpc) is 2.83. The summed E-state index contributed by atoms with van der Waals surface area (Å²) in [6, 6.07) is 18.0. The number of halogens is 1. The Morgan fingerprint density at radius 2 is 1.75 bits per heavy atom. The second-order valence-electron chi connectivity index (χ2n) is 4.41. The number of anilines is 1. The third-order valence-electron chi connectivity index (χ3n) is 3.07. The molecule has 20 heavy (non-hydrogen) atoms. The van der Waals surface area contributed by atoms with Crippen LogP contribution in [0, 0.1) is 0 Å². The highest BCUT2D eigenvalue weighted by Crippen LogP contribution is 2.32. The van der Waals surface area contributed by atoms with Crippen LogP contribution in [0.4, 0.5) is 5.69 Å². The molecule has 2 aromatic rings. The van der Waals surface area contributed by atoms with Crippen LogP contribution in [0.25, 0.3) is 0 Å². The van der Waals surface area contributed by atoms with Gasteiger partial charge in [0.2, 0.25) is 5.91 Å². The van der Waals surface area contributed by atoms with Crippen molar-refractivity contribution in [3.05, 3.63) is 78.4 Å². The predicted molar refractivity (Wildman–Crippen MR) is 87.1 cm³/mol. The minimum Gasteiger partial charge on any atom is -0.325 e. The summed E-state index contributed by atoms with van der Waals surface area (Å²) in [5.74, 6) is -0.146. The van der Waals surface area contributed by atoms with Gasteiger partial charge in [0.05, 0.1) is 5.92 Å². The third kappa shape index (κ3) is 3.36. The monoisotopic (exact) mass is 329 g/mol. The Labute approximate surface area is 127 Å². The maximum absolute atomic E-state index is 11.3. The minimum atomic E-state index is -0.166. The number of carbonyl (C=O) groups excluding carboxylic acids is 1. The van der Waals surface area contributed by atoms with Crippen LogP contribution in [-0.2, 0) is 10.1 Å². The van der Waals surface area contributed by atoms with Crippen LogP contribution < -0.4 is 5.32 Å². The molecule has 1 N–H and O–H groups in total. The van der Waals surface area contributed by atoms with Crippen LogP contribution in [0.2, 0.25) is 0 Å². The fourth-order valence-electron chi connectivity index (χ4n) is 2.03. The molecule has 1 aliphatic heterocycles. The molecule has 0 aromatic heterocycles. The zero-order valence-corrected chi connectivity index (χ0v) is 12.6. The summed E-state index contributed by atoms with van der Waals surface area (Å²) in [5, 5.41) is 3.74. The zero-order chi connectivity index (χ0) is 14.4. The van der Waals surface area contributed by atoms with E-state index in [1.165, 1.54) is 5.56 Å². The van der Waals surface area contributed by atoms with Crippen molar-refractivity contribution < 1.29 is 4.79 Å². The highest BCUT2D eigenvalue weighted by atomic mass is 79.9. The molecule has 2 nitrogen and oxygen atoms in total. The van der Waals surface area contributed by atoms with Gasteiger partial charge in [0, 0.05) is 11.0 Å². The van der Waals surface area contributed by atoms with E-state index in [0.717, 1.165) is 16.6 Å². The first-order chi connectivity index (χ1) is 9.76. The number of rotatable bonds is 2. The molecule has 0 bridgehead atoms. The van der Waals surface area contributed by atoms with E-state index < -0.39 is 0 Å². The smallest absolute Gasteiger partial charge is 0.235 e. The summed E-state index contributed by atoms with van der Waals surface area (Å²) < 4.78 is 0. The number of benzene rings is 2. The molecule has 1 aliphatic rings. The number of hydrogen-bond donors (Lipinski definition) is 1. The lowest BCUT2D eigenvalue weighted by Gasteiger charge is -1.99. The topological polar surface area (TPSA) is 29.1 Å². The van der Waals surface area contributed by atoms with E-state index in [4.69, 9.17) is 0 Å². The summed E-state index contributed by atoms with van der Waals surface area (Å²) in [7, 11) is 0. The minimum absolute atomic E-state index is 0.0196. The number of carbonyl (C=O) groups is 1. The molecule has 0 saturated carbocycles. The van der Waals surface area contributed by atoms with Crippen LogP contribution >= 0.6 is 15.9 Å². The highest BCUT2D eigenvalue weighted by molar-refractivity contribution is 9.08. The number of fused-ring (bicyclic) bond motifs is 1. The van der Waals surface area contributed by atoms with Gasteiger partial charge in [-0.1, -0.05) is 70.5 Å². The number of nitrogens with one attached hydrogen (secondary N) is 1. The normalized spacial score (nSPS) is 15.7. The lowest BCUT2D eigenvalue weighted by Crippen LogP contribution is -2.09. The van der Waals surface area contributed by atoms with Gasteiger partial charge >= 0.3 is 0 Å². The zero-order valence-electron chi connectivity index (χ0n) is 11.1. The van der Waals surface area contributed by atoms with Gasteiger partial charge in [0.25, 0.3) is 0 Å². The number of hydrogen-bond acceptors (Lipinski definition) is 1. The Bertz CT molecular complexity index is 595. The van der Waals surface area contributed by atoms with Gasteiger partial charge in [-0.15, -0.1) is 6.58 Å². The molecule has 1 atom stereocenters. The molecule has 0 saturated heterocycles. The lowest BCUT2D eigenvalue weighted by molar-refractivity contribution is -0.116. The number of para-hydroxylation sites is 1. The Hall–Kier alpha value is -1.87. The molecule has 1 amide bonds. The SMILES string of the molecule is BrCc1ccccc1.C=CC1C(=O)Nc2ccccc21. The van der Waals surface area contributed by atoms with Gasteiger partial charge < -0.3 is 5.32 Å². The number of alkyl halides is 1. The van der Waals surface area contributed by atoms with Gasteiger partial charge in [0.15, 0.2) is 0 Å². The van der Waals surface area contributed by atoms with Gasteiger partial charge in [-0.2, -0.15) is 0 Å². The highest BCUT2D eigenvalue weighted by Gasteiger charge is 2.26. The Kier molecular flexibility index (Phi) is 5.13. The van der Waals surface area contributed by atoms with Crippen LogP contribution in [-0.4, -0.2) is 5.91 Å². The fourth-order valence-corrected chi connectivity index (χ4v) is 2.41. The molecular formula is C17H16BrNO. The van der Waals surface area contributed by atoms with Gasteiger partial charge in [-0.3, -0.25) is 4.79 Å². The van der Waals surface area contributed by atoms with Gasteiger partial charge in [-0.25, -0.2) is 0 Å². The predicted octanol–water partition coefficient (Wildman–Crippen LogP) is 4.49. The van der Waals surface area contributed by atoms with E-state index >= 15 is 0 Å². The van der Waals surface area contributed by atoms with E-state index in [1.807, 2.05) is 42.5 Å². The Morgan fingerprint density at radius 3 is 2.35 bits per heavy atom. The molecule has 0 fully saturated rings. The Morgan fingerprint density at radius 1 is 1.10 bits per heavy atom. The van der Waals surface area contributed by atoms with Crippen molar-refractivity contribution in [3.8, 4) is 0 Å². The van der Waals surface area contributed by atoms with E-state index in [0.29, 0.717) is 0 Å². The summed E-state index contributed by atoms with van der Waals surface area (Å²) in [6.45, 7) is 3.63. The quantitative estimate of drug-likeness (QED) is 0.638. The second-order valence-corrected chi connectivity index (χ2v) is 4.97. The van der Waals surface area contributed by atoms with E-state index in [-0.39, 0.29) is 11.8 Å². The third-order valence-corrected chi connectivity index (χ3v) is 3.72. The van der Waals surface area contributed by atoms with Crippen LogP contribution in [0.15, 0.2) is 67.3 Å². The second kappa shape index (κ2) is 7.06. The van der Waals surface area contributed by atoms with Crippen molar-refractivity contribution in [2.24, 2.45) is 0 Å². The molecule has 0 radical (unpaired) electrons. The maximum atomic E-state index is 11.3. The average molecular weight is 330 g/mol. The van der Waals surface area contributed by atoms with Crippen molar-refractivity contribution in [2.45, 2.75) is 11.2 Å². The fraction of sp³-hybridized carbons (Fsp3) is 0.118. The molecule has 102 valence electrons. The largest absolute Gasteiger partial charge is 0.325 e. The van der Waals surface area contributed by atoms with Crippen molar-refractivity contribution in [1.29, 1.82) is 0 Å². The molecule has 2 aromatic carbocycles. The summed E-state index contributed by atoms with van der Waals surface area (Å²) in [4.78, 5) is 11.3. The summed E-state index contributed by atoms with van der Waals surface area (Å²) >= 11 is 3.36. The molecule has 3 heteroatoms. The van der Waals surface area contributed by atoms with E-state index in [1.54, 1.807) is 6.08 Å². The van der Waals surface area contributed by atoms with Gasteiger partial charge in [-0.05, 0) is 17.2 Å². The standard InChI is InChI=1S/C10H9NO.C7H7Br/c1-2-7-8-5-3-4-6-9(8)11-10(7)12;8-6-7-4-2-1-3-5-7/h2-7H,1H2,(H,11,12);1-5H,6H2. The Balaban J connectivity index is 0.000000160. The molecule has 0 aliphatic carbocycles. The first kappa shape index (κ1) is 14.5. The first-order valence-electron chi connectivity index (χ1n) is 6.38. The lowest BCUT2D eigenvalue weighted by atomic mass is 10.0. The maximum Gasteiger partial charge on any atom is 0.235 e. The molecule has 1 unspecified atom stereocenters. The number of amides is 1. The molecular weight excluding hydrogens is 314 g/mol. The van der Waals surface area contributed by atoms with Crippen molar-refractivity contribution in [2.75, 3.05) is 5.32 Å². The van der Waals surface area contributed by atoms with Gasteiger partial charge in [0.1, 0.15) is 0 Å². The van der Waals surface area contributed by atoms with Crippen LogP contribution in [0.3, 0.4) is 0 Å². The van der Waals surface area contributed by atoms with Crippen LogP contribution in [0.5, 0.6) is 0 Å². The van der Waals surface area contributed by atoms with E-state index in [2.05, 4.69) is 40.0 Å².